The molecule has 3 amide bonds. The standard InChI is InChI=1S/C20H35N3O8/c1-10(2)8-14(21-15(25)9-12(5)24)18(28)23-17(11(3)4)19(29)22-13(20(30)31)6-7-16(26)27/h10-14,17,24H,6-9H2,1-5H3,(H,21,25)(H,22,29)(H,23,28)(H,26,27)(H,30,31). The quantitative estimate of drug-likeness (QED) is 0.213. The molecule has 178 valence electrons. The van der Waals surface area contributed by atoms with Crippen molar-refractivity contribution in [3.05, 3.63) is 0 Å². The van der Waals surface area contributed by atoms with E-state index in [0.29, 0.717) is 6.42 Å². The molecule has 0 radical (unpaired) electrons. The average Bonchev–Trinajstić information content (AvgIpc) is 2.60. The molecule has 6 N–H and O–H groups in total. The van der Waals surface area contributed by atoms with Gasteiger partial charge in [0, 0.05) is 6.42 Å². The Balaban J connectivity index is 5.33. The highest BCUT2D eigenvalue weighted by Crippen LogP contribution is 2.09. The zero-order chi connectivity index (χ0) is 24.3. The number of amides is 3. The number of hydrogen-bond donors (Lipinski definition) is 6. The maximum atomic E-state index is 12.8. The Morgan fingerprint density at radius 1 is 0.806 bits per heavy atom. The molecule has 4 atom stereocenters. The van der Waals surface area contributed by atoms with E-state index in [1.54, 1.807) is 13.8 Å². The first kappa shape index (κ1) is 28.3. The number of carboxylic acid groups (broad SMARTS) is 2. The Morgan fingerprint density at radius 3 is 1.81 bits per heavy atom. The van der Waals surface area contributed by atoms with Gasteiger partial charge in [-0.05, 0) is 31.6 Å². The lowest BCUT2D eigenvalue weighted by atomic mass is 9.99. The number of aliphatic hydroxyl groups excluding tert-OH is 1. The van der Waals surface area contributed by atoms with Crippen LogP contribution < -0.4 is 16.0 Å². The molecule has 0 aromatic heterocycles. The Kier molecular flexibility index (Phi) is 12.4. The van der Waals surface area contributed by atoms with E-state index in [0.717, 1.165) is 0 Å². The van der Waals surface area contributed by atoms with Crippen LogP contribution in [-0.4, -0.2) is 69.2 Å². The van der Waals surface area contributed by atoms with Gasteiger partial charge in [0.1, 0.15) is 18.1 Å². The predicted octanol–water partition coefficient (Wildman–Crippen LogP) is -0.137. The molecular formula is C20H35N3O8. The van der Waals surface area contributed by atoms with Crippen molar-refractivity contribution in [3.8, 4) is 0 Å². The van der Waals surface area contributed by atoms with Crippen LogP contribution in [0.15, 0.2) is 0 Å². The number of hydrogen-bond acceptors (Lipinski definition) is 6. The van der Waals surface area contributed by atoms with E-state index in [1.807, 2.05) is 13.8 Å². The molecule has 4 unspecified atom stereocenters. The van der Waals surface area contributed by atoms with Crippen LogP contribution in [0.3, 0.4) is 0 Å². The fourth-order valence-electron chi connectivity index (χ4n) is 2.80. The third-order valence-electron chi connectivity index (χ3n) is 4.35. The maximum absolute atomic E-state index is 12.8. The highest BCUT2D eigenvalue weighted by atomic mass is 16.4. The summed E-state index contributed by atoms with van der Waals surface area (Å²) in [7, 11) is 0. The SMILES string of the molecule is CC(C)CC(NC(=O)CC(C)O)C(=O)NC(C(=O)NC(CCC(=O)O)C(=O)O)C(C)C. The first-order chi connectivity index (χ1) is 14.2. The van der Waals surface area contributed by atoms with Crippen molar-refractivity contribution in [2.45, 2.75) is 84.5 Å². The second-order valence-electron chi connectivity index (χ2n) is 8.36. The van der Waals surface area contributed by atoms with Crippen molar-refractivity contribution >= 4 is 29.7 Å². The number of aliphatic hydroxyl groups is 1. The second-order valence-corrected chi connectivity index (χ2v) is 8.36. The third-order valence-corrected chi connectivity index (χ3v) is 4.35. The predicted molar refractivity (Wildman–Crippen MR) is 111 cm³/mol. The van der Waals surface area contributed by atoms with Crippen LogP contribution in [0.5, 0.6) is 0 Å². The zero-order valence-corrected chi connectivity index (χ0v) is 18.7. The fourth-order valence-corrected chi connectivity index (χ4v) is 2.80. The Labute approximate surface area is 182 Å². The molecule has 11 nitrogen and oxygen atoms in total. The van der Waals surface area contributed by atoms with Gasteiger partial charge in [-0.3, -0.25) is 19.2 Å². The summed E-state index contributed by atoms with van der Waals surface area (Å²) in [6.07, 6.45) is -1.52. The van der Waals surface area contributed by atoms with Gasteiger partial charge < -0.3 is 31.3 Å². The molecular weight excluding hydrogens is 410 g/mol. The lowest BCUT2D eigenvalue weighted by Crippen LogP contribution is -2.57. The van der Waals surface area contributed by atoms with Crippen LogP contribution in [0.2, 0.25) is 0 Å². The highest BCUT2D eigenvalue weighted by molar-refractivity contribution is 5.93. The van der Waals surface area contributed by atoms with Crippen molar-refractivity contribution in [3.63, 3.8) is 0 Å². The molecule has 0 fully saturated rings. The van der Waals surface area contributed by atoms with Crippen molar-refractivity contribution in [2.24, 2.45) is 11.8 Å². The van der Waals surface area contributed by atoms with Crippen molar-refractivity contribution in [1.82, 2.24) is 16.0 Å². The van der Waals surface area contributed by atoms with E-state index in [9.17, 15) is 34.2 Å². The molecule has 0 rings (SSSR count). The van der Waals surface area contributed by atoms with E-state index in [2.05, 4.69) is 16.0 Å². The summed E-state index contributed by atoms with van der Waals surface area (Å²) in [6.45, 7) is 8.46. The summed E-state index contributed by atoms with van der Waals surface area (Å²) in [5.74, 6) is -4.84. The summed E-state index contributed by atoms with van der Waals surface area (Å²) in [5, 5.41) is 34.7. The molecule has 31 heavy (non-hydrogen) atoms. The monoisotopic (exact) mass is 445 g/mol. The van der Waals surface area contributed by atoms with Gasteiger partial charge in [-0.2, -0.15) is 0 Å². The van der Waals surface area contributed by atoms with Crippen LogP contribution in [0.1, 0.15) is 60.3 Å². The van der Waals surface area contributed by atoms with Gasteiger partial charge in [0.05, 0.1) is 12.5 Å². The van der Waals surface area contributed by atoms with Crippen molar-refractivity contribution in [2.75, 3.05) is 0 Å². The number of rotatable bonds is 14. The first-order valence-electron chi connectivity index (χ1n) is 10.3. The molecule has 0 spiro atoms. The van der Waals surface area contributed by atoms with Gasteiger partial charge in [-0.1, -0.05) is 27.7 Å². The summed E-state index contributed by atoms with van der Waals surface area (Å²) in [6, 6.07) is -3.45. The number of nitrogens with one attached hydrogen (secondary N) is 3. The summed E-state index contributed by atoms with van der Waals surface area (Å²) in [4.78, 5) is 59.5. The topological polar surface area (TPSA) is 182 Å². The van der Waals surface area contributed by atoms with Gasteiger partial charge in [-0.15, -0.1) is 0 Å². The summed E-state index contributed by atoms with van der Waals surface area (Å²) < 4.78 is 0. The van der Waals surface area contributed by atoms with E-state index < -0.39 is 66.2 Å². The maximum Gasteiger partial charge on any atom is 0.326 e. The molecule has 0 saturated heterocycles. The third kappa shape index (κ3) is 11.9. The van der Waals surface area contributed by atoms with Crippen LogP contribution in [0.4, 0.5) is 0 Å². The average molecular weight is 446 g/mol. The molecule has 0 aliphatic carbocycles. The Morgan fingerprint density at radius 2 is 1.39 bits per heavy atom. The number of carbonyl (C=O) groups is 5. The van der Waals surface area contributed by atoms with Crippen molar-refractivity contribution in [1.29, 1.82) is 0 Å². The minimum Gasteiger partial charge on any atom is -0.481 e. The fraction of sp³-hybridized carbons (Fsp3) is 0.750. The molecule has 0 heterocycles. The minimum atomic E-state index is -1.42. The molecule has 0 aromatic carbocycles. The molecule has 0 aromatic rings. The van der Waals surface area contributed by atoms with Gasteiger partial charge in [0.15, 0.2) is 0 Å². The molecule has 0 aliphatic heterocycles. The van der Waals surface area contributed by atoms with Crippen LogP contribution in [0.25, 0.3) is 0 Å². The van der Waals surface area contributed by atoms with Gasteiger partial charge in [-0.25, -0.2) is 4.79 Å². The number of carboxylic acids is 2. The van der Waals surface area contributed by atoms with Gasteiger partial charge in [0.2, 0.25) is 17.7 Å². The van der Waals surface area contributed by atoms with Crippen LogP contribution >= 0.6 is 0 Å². The summed E-state index contributed by atoms with van der Waals surface area (Å²) in [5.41, 5.74) is 0. The molecule has 0 bridgehead atoms. The van der Waals surface area contributed by atoms with E-state index in [1.165, 1.54) is 6.92 Å². The molecule has 0 saturated carbocycles. The largest absolute Gasteiger partial charge is 0.481 e. The lowest BCUT2D eigenvalue weighted by Gasteiger charge is -2.27. The van der Waals surface area contributed by atoms with E-state index >= 15 is 0 Å². The number of carbonyl (C=O) groups excluding carboxylic acids is 3. The number of aliphatic carboxylic acids is 2. The molecule has 0 aliphatic rings. The lowest BCUT2D eigenvalue weighted by molar-refractivity contribution is -0.143. The van der Waals surface area contributed by atoms with Gasteiger partial charge >= 0.3 is 11.9 Å². The van der Waals surface area contributed by atoms with Crippen LogP contribution in [-0.2, 0) is 24.0 Å². The van der Waals surface area contributed by atoms with E-state index in [4.69, 9.17) is 5.11 Å². The normalized spacial score (nSPS) is 15.0. The minimum absolute atomic E-state index is 0.0429. The Hall–Kier alpha value is -2.69. The van der Waals surface area contributed by atoms with Gasteiger partial charge in [0.25, 0.3) is 0 Å². The highest BCUT2D eigenvalue weighted by Gasteiger charge is 2.31. The zero-order valence-electron chi connectivity index (χ0n) is 18.7. The summed E-state index contributed by atoms with van der Waals surface area (Å²) >= 11 is 0. The van der Waals surface area contributed by atoms with Crippen molar-refractivity contribution < 1.29 is 39.3 Å². The van der Waals surface area contributed by atoms with E-state index in [-0.39, 0.29) is 18.8 Å². The molecule has 11 heteroatoms. The smallest absolute Gasteiger partial charge is 0.326 e. The Bertz CT molecular complexity index is 648. The second kappa shape index (κ2) is 13.6. The first-order valence-corrected chi connectivity index (χ1v) is 10.3. The van der Waals surface area contributed by atoms with Crippen LogP contribution in [0, 0.1) is 11.8 Å².